The van der Waals surface area contributed by atoms with Crippen molar-refractivity contribution in [1.29, 1.82) is 0 Å². The van der Waals surface area contributed by atoms with E-state index in [4.69, 9.17) is 5.73 Å². The molecule has 98 valence electrons. The number of nitrogens with zero attached hydrogens (tertiary/aromatic N) is 1. The molecule has 0 unspecified atom stereocenters. The summed E-state index contributed by atoms with van der Waals surface area (Å²) < 4.78 is 0. The maximum Gasteiger partial charge on any atom is 0.257 e. The number of carbonyl (C=O) groups excluding carboxylic acids is 1. The van der Waals surface area contributed by atoms with Gasteiger partial charge in [0.1, 0.15) is 5.82 Å². The number of hydrogen-bond donors (Lipinski definition) is 2. The van der Waals surface area contributed by atoms with E-state index in [2.05, 4.69) is 10.3 Å². The first-order valence-corrected chi connectivity index (χ1v) is 6.08. The largest absolute Gasteiger partial charge is 0.397 e. The minimum absolute atomic E-state index is 0.143. The smallest absolute Gasteiger partial charge is 0.257 e. The third kappa shape index (κ3) is 2.73. The lowest BCUT2D eigenvalue weighted by molar-refractivity contribution is 0.102. The number of anilines is 2. The van der Waals surface area contributed by atoms with Crippen LogP contribution in [0.15, 0.2) is 30.5 Å². The van der Waals surface area contributed by atoms with Gasteiger partial charge in [0.25, 0.3) is 5.91 Å². The first-order chi connectivity index (χ1) is 8.99. The van der Waals surface area contributed by atoms with E-state index in [0.717, 1.165) is 16.7 Å². The van der Waals surface area contributed by atoms with Crippen LogP contribution in [0.5, 0.6) is 0 Å². The van der Waals surface area contributed by atoms with Crippen molar-refractivity contribution >= 4 is 17.4 Å². The fraction of sp³-hybridized carbons (Fsp3) is 0.200. The number of rotatable bonds is 2. The number of nitrogens with one attached hydrogen (secondary N) is 1. The Morgan fingerprint density at radius 1 is 1.16 bits per heavy atom. The van der Waals surface area contributed by atoms with Crippen LogP contribution in [0.1, 0.15) is 27.0 Å². The van der Waals surface area contributed by atoms with Crippen molar-refractivity contribution in [2.24, 2.45) is 0 Å². The molecule has 1 amide bonds. The van der Waals surface area contributed by atoms with Crippen molar-refractivity contribution in [2.45, 2.75) is 20.8 Å². The van der Waals surface area contributed by atoms with Gasteiger partial charge in [0.15, 0.2) is 0 Å². The predicted octanol–water partition coefficient (Wildman–Crippen LogP) is 2.84. The molecule has 0 bridgehead atoms. The number of carbonyl (C=O) groups is 1. The summed E-state index contributed by atoms with van der Waals surface area (Å²) in [4.78, 5) is 16.5. The maximum atomic E-state index is 12.3. The van der Waals surface area contributed by atoms with Crippen LogP contribution in [0.4, 0.5) is 11.5 Å². The molecule has 2 rings (SSSR count). The van der Waals surface area contributed by atoms with Crippen LogP contribution in [0.25, 0.3) is 0 Å². The number of pyridine rings is 1. The Bertz CT molecular complexity index is 615. The number of nitrogens with two attached hydrogens (primary N) is 1. The van der Waals surface area contributed by atoms with Gasteiger partial charge in [0.05, 0.1) is 11.9 Å². The van der Waals surface area contributed by atoms with Gasteiger partial charge < -0.3 is 11.1 Å². The van der Waals surface area contributed by atoms with Crippen molar-refractivity contribution in [3.05, 3.63) is 52.7 Å². The molecule has 0 atom stereocenters. The second-order valence-electron chi connectivity index (χ2n) is 4.66. The lowest BCUT2D eigenvalue weighted by Crippen LogP contribution is -2.16. The Morgan fingerprint density at radius 2 is 1.79 bits per heavy atom. The fourth-order valence-corrected chi connectivity index (χ4v) is 2.07. The monoisotopic (exact) mass is 255 g/mol. The molecule has 1 heterocycles. The van der Waals surface area contributed by atoms with Gasteiger partial charge in [-0.2, -0.15) is 0 Å². The van der Waals surface area contributed by atoms with E-state index in [-0.39, 0.29) is 5.91 Å². The molecule has 1 aromatic heterocycles. The van der Waals surface area contributed by atoms with Gasteiger partial charge in [-0.3, -0.25) is 4.79 Å². The standard InChI is InChI=1S/C15H17N3O/c1-9-5-4-6-10(2)13(9)15(19)18-14-11(3)7-12(16)8-17-14/h4-8H,16H2,1-3H3,(H,17,18,19). The summed E-state index contributed by atoms with van der Waals surface area (Å²) >= 11 is 0. The Balaban J connectivity index is 2.31. The Morgan fingerprint density at radius 3 is 2.37 bits per heavy atom. The summed E-state index contributed by atoms with van der Waals surface area (Å²) in [6.45, 7) is 5.71. The number of benzene rings is 1. The van der Waals surface area contributed by atoms with Gasteiger partial charge in [-0.15, -0.1) is 0 Å². The van der Waals surface area contributed by atoms with Gasteiger partial charge in [-0.25, -0.2) is 4.98 Å². The first-order valence-electron chi connectivity index (χ1n) is 6.08. The highest BCUT2D eigenvalue weighted by Crippen LogP contribution is 2.18. The first kappa shape index (κ1) is 13.1. The number of hydrogen-bond acceptors (Lipinski definition) is 3. The van der Waals surface area contributed by atoms with E-state index < -0.39 is 0 Å². The van der Waals surface area contributed by atoms with Crippen LogP contribution in [0.2, 0.25) is 0 Å². The van der Waals surface area contributed by atoms with Crippen molar-refractivity contribution < 1.29 is 4.79 Å². The fourth-order valence-electron chi connectivity index (χ4n) is 2.07. The normalized spacial score (nSPS) is 10.3. The quantitative estimate of drug-likeness (QED) is 0.867. The molecule has 0 radical (unpaired) electrons. The highest BCUT2D eigenvalue weighted by Gasteiger charge is 2.13. The summed E-state index contributed by atoms with van der Waals surface area (Å²) in [5, 5.41) is 2.83. The zero-order valence-electron chi connectivity index (χ0n) is 11.3. The third-order valence-corrected chi connectivity index (χ3v) is 3.04. The van der Waals surface area contributed by atoms with E-state index in [9.17, 15) is 4.79 Å². The molecule has 0 aliphatic carbocycles. The van der Waals surface area contributed by atoms with E-state index >= 15 is 0 Å². The molecule has 1 aromatic carbocycles. The van der Waals surface area contributed by atoms with E-state index in [1.54, 1.807) is 6.07 Å². The zero-order valence-corrected chi connectivity index (χ0v) is 11.3. The SMILES string of the molecule is Cc1cc(N)cnc1NC(=O)c1c(C)cccc1C. The molecular weight excluding hydrogens is 238 g/mol. The molecule has 0 aliphatic rings. The van der Waals surface area contributed by atoms with E-state index in [0.29, 0.717) is 17.1 Å². The third-order valence-electron chi connectivity index (χ3n) is 3.04. The predicted molar refractivity (Wildman–Crippen MR) is 77.3 cm³/mol. The number of amides is 1. The van der Waals surface area contributed by atoms with Gasteiger partial charge >= 0.3 is 0 Å². The topological polar surface area (TPSA) is 68.0 Å². The molecule has 0 aliphatic heterocycles. The Kier molecular flexibility index (Phi) is 3.51. The molecule has 0 fully saturated rings. The molecule has 3 N–H and O–H groups in total. The molecule has 0 saturated heterocycles. The van der Waals surface area contributed by atoms with Gasteiger partial charge in [-0.1, -0.05) is 18.2 Å². The van der Waals surface area contributed by atoms with E-state index in [1.165, 1.54) is 6.20 Å². The van der Waals surface area contributed by atoms with Crippen LogP contribution in [0, 0.1) is 20.8 Å². The minimum atomic E-state index is -0.143. The average Bonchev–Trinajstić information content (AvgIpc) is 2.32. The Labute approximate surface area is 112 Å². The van der Waals surface area contributed by atoms with Crippen LogP contribution in [0.3, 0.4) is 0 Å². The van der Waals surface area contributed by atoms with Crippen molar-refractivity contribution in [3.8, 4) is 0 Å². The summed E-state index contributed by atoms with van der Waals surface area (Å²) in [5.41, 5.74) is 9.67. The molecule has 2 aromatic rings. The lowest BCUT2D eigenvalue weighted by atomic mass is 10.0. The van der Waals surface area contributed by atoms with Crippen molar-refractivity contribution in [2.75, 3.05) is 11.1 Å². The maximum absolute atomic E-state index is 12.3. The number of aromatic nitrogens is 1. The Hall–Kier alpha value is -2.36. The lowest BCUT2D eigenvalue weighted by Gasteiger charge is -2.11. The molecular formula is C15H17N3O. The van der Waals surface area contributed by atoms with Crippen molar-refractivity contribution in [1.82, 2.24) is 4.98 Å². The molecule has 4 nitrogen and oxygen atoms in total. The highest BCUT2D eigenvalue weighted by atomic mass is 16.1. The molecule has 4 heteroatoms. The van der Waals surface area contributed by atoms with Gasteiger partial charge in [0.2, 0.25) is 0 Å². The summed E-state index contributed by atoms with van der Waals surface area (Å²) in [6, 6.07) is 7.57. The number of nitrogen functional groups attached to an aromatic ring is 1. The molecule has 19 heavy (non-hydrogen) atoms. The highest BCUT2D eigenvalue weighted by molar-refractivity contribution is 6.06. The van der Waals surface area contributed by atoms with Gasteiger partial charge in [0, 0.05) is 5.56 Å². The van der Waals surface area contributed by atoms with E-state index in [1.807, 2.05) is 39.0 Å². The van der Waals surface area contributed by atoms with Crippen LogP contribution in [-0.4, -0.2) is 10.9 Å². The second kappa shape index (κ2) is 5.10. The molecule has 0 saturated carbocycles. The zero-order chi connectivity index (χ0) is 14.0. The number of aryl methyl sites for hydroxylation is 3. The summed E-state index contributed by atoms with van der Waals surface area (Å²) in [6.07, 6.45) is 1.54. The van der Waals surface area contributed by atoms with Crippen molar-refractivity contribution in [3.63, 3.8) is 0 Å². The summed E-state index contributed by atoms with van der Waals surface area (Å²) in [7, 11) is 0. The summed E-state index contributed by atoms with van der Waals surface area (Å²) in [5.74, 6) is 0.401. The van der Waals surface area contributed by atoms with Crippen LogP contribution >= 0.6 is 0 Å². The van der Waals surface area contributed by atoms with Gasteiger partial charge in [-0.05, 0) is 43.5 Å². The van der Waals surface area contributed by atoms with Crippen LogP contribution < -0.4 is 11.1 Å². The van der Waals surface area contributed by atoms with Crippen LogP contribution in [-0.2, 0) is 0 Å². The second-order valence-corrected chi connectivity index (χ2v) is 4.66. The average molecular weight is 255 g/mol. The molecule has 0 spiro atoms. The minimum Gasteiger partial charge on any atom is -0.397 e.